The zero-order chi connectivity index (χ0) is 25.7. The van der Waals surface area contributed by atoms with Gasteiger partial charge in [0.15, 0.2) is 0 Å². The summed E-state index contributed by atoms with van der Waals surface area (Å²) in [5.74, 6) is 0.192. The molecule has 9 nitrogen and oxygen atoms in total. The van der Waals surface area contributed by atoms with Gasteiger partial charge in [0.25, 0.3) is 11.6 Å². The molecular weight excluding hydrogens is 458 g/mol. The molecule has 0 radical (unpaired) electrons. The highest BCUT2D eigenvalue weighted by Crippen LogP contribution is 2.31. The predicted octanol–water partition coefficient (Wildman–Crippen LogP) is 4.53. The Bertz CT molecular complexity index is 1090. The van der Waals surface area contributed by atoms with Crippen molar-refractivity contribution in [2.45, 2.75) is 39.5 Å². The number of carbonyl (C=O) groups excluding carboxylic acids is 2. The molecule has 0 spiro atoms. The van der Waals surface area contributed by atoms with Gasteiger partial charge in [0.05, 0.1) is 4.92 Å². The topological polar surface area (TPSA) is 99.0 Å². The summed E-state index contributed by atoms with van der Waals surface area (Å²) in [6, 6.07) is 12.3. The van der Waals surface area contributed by atoms with Crippen LogP contribution >= 0.6 is 0 Å². The molecule has 0 bridgehead atoms. The molecule has 2 amide bonds. The maximum Gasteiger partial charge on any atom is 0.293 e. The zero-order valence-corrected chi connectivity index (χ0v) is 21.1. The van der Waals surface area contributed by atoms with Gasteiger partial charge in [0.1, 0.15) is 5.69 Å². The molecule has 2 aromatic carbocycles. The number of anilines is 3. The Morgan fingerprint density at radius 3 is 2.19 bits per heavy atom. The van der Waals surface area contributed by atoms with Crippen LogP contribution < -0.4 is 15.1 Å². The molecule has 2 fully saturated rings. The summed E-state index contributed by atoms with van der Waals surface area (Å²) in [7, 11) is 0. The van der Waals surface area contributed by atoms with Crippen molar-refractivity contribution in [2.24, 2.45) is 5.92 Å². The first-order valence-corrected chi connectivity index (χ1v) is 12.8. The molecular formula is C27H35N5O4. The van der Waals surface area contributed by atoms with Crippen LogP contribution in [-0.4, -0.2) is 60.9 Å². The number of hydrogen-bond donors (Lipinski definition) is 1. The van der Waals surface area contributed by atoms with Gasteiger partial charge in [-0.1, -0.05) is 13.8 Å². The molecule has 1 N–H and O–H groups in total. The number of nitro benzene ring substituents is 1. The Labute approximate surface area is 212 Å². The van der Waals surface area contributed by atoms with Crippen LogP contribution in [0.15, 0.2) is 42.5 Å². The molecule has 9 heteroatoms. The van der Waals surface area contributed by atoms with Gasteiger partial charge in [-0.25, -0.2) is 0 Å². The van der Waals surface area contributed by atoms with Gasteiger partial charge >= 0.3 is 0 Å². The Hall–Kier alpha value is -3.62. The molecule has 2 aliphatic heterocycles. The van der Waals surface area contributed by atoms with E-state index in [1.807, 2.05) is 34.1 Å². The highest BCUT2D eigenvalue weighted by molar-refractivity contribution is 6.05. The number of rotatable bonds is 7. The molecule has 2 aliphatic rings. The summed E-state index contributed by atoms with van der Waals surface area (Å²) in [5.41, 5.74) is 2.45. The fraction of sp³-hybridized carbons (Fsp3) is 0.481. The van der Waals surface area contributed by atoms with Crippen molar-refractivity contribution in [3.63, 3.8) is 0 Å². The van der Waals surface area contributed by atoms with Crippen LogP contribution in [0.25, 0.3) is 0 Å². The largest absolute Gasteiger partial charge is 0.368 e. The molecule has 0 saturated carbocycles. The third-order valence-corrected chi connectivity index (χ3v) is 6.84. The second-order valence-electron chi connectivity index (χ2n) is 9.98. The van der Waals surface area contributed by atoms with Gasteiger partial charge in [-0.15, -0.1) is 0 Å². The van der Waals surface area contributed by atoms with E-state index in [0.29, 0.717) is 36.8 Å². The summed E-state index contributed by atoms with van der Waals surface area (Å²) in [5, 5.41) is 14.6. The SMILES string of the molecule is CC(C)CC(=O)N1CCN(c2ccc(NC(=O)c3ccc(N4CCCCC4)c([N+](=O)[O-])c3)cc2)CC1. The lowest BCUT2D eigenvalue weighted by Gasteiger charge is -2.36. The molecule has 0 atom stereocenters. The van der Waals surface area contributed by atoms with Gasteiger partial charge in [-0.05, 0) is 61.6 Å². The number of piperazine rings is 1. The van der Waals surface area contributed by atoms with Crippen molar-refractivity contribution in [1.29, 1.82) is 0 Å². The second kappa shape index (κ2) is 11.4. The first-order valence-electron chi connectivity index (χ1n) is 12.8. The normalized spacial score (nSPS) is 16.2. The molecule has 2 aromatic rings. The monoisotopic (exact) mass is 493 g/mol. The number of benzene rings is 2. The maximum absolute atomic E-state index is 12.8. The van der Waals surface area contributed by atoms with Gasteiger partial charge < -0.3 is 20.0 Å². The predicted molar refractivity (Wildman–Crippen MR) is 142 cm³/mol. The minimum atomic E-state index is -0.411. The van der Waals surface area contributed by atoms with E-state index in [1.165, 1.54) is 6.07 Å². The Morgan fingerprint density at radius 2 is 1.58 bits per heavy atom. The highest BCUT2D eigenvalue weighted by atomic mass is 16.6. The zero-order valence-electron chi connectivity index (χ0n) is 21.1. The third-order valence-electron chi connectivity index (χ3n) is 6.84. The number of nitro groups is 1. The lowest BCUT2D eigenvalue weighted by atomic mass is 10.1. The van der Waals surface area contributed by atoms with E-state index in [0.717, 1.165) is 51.1 Å². The van der Waals surface area contributed by atoms with Crippen molar-refractivity contribution >= 4 is 34.6 Å². The van der Waals surface area contributed by atoms with Crippen LogP contribution in [-0.2, 0) is 4.79 Å². The smallest absolute Gasteiger partial charge is 0.293 e. The molecule has 2 heterocycles. The van der Waals surface area contributed by atoms with Crippen LogP contribution in [0.1, 0.15) is 49.9 Å². The minimum absolute atomic E-state index is 0.0362. The lowest BCUT2D eigenvalue weighted by Crippen LogP contribution is -2.49. The quantitative estimate of drug-likeness (QED) is 0.449. The molecule has 2 saturated heterocycles. The third kappa shape index (κ3) is 6.13. The molecule has 0 unspecified atom stereocenters. The lowest BCUT2D eigenvalue weighted by molar-refractivity contribution is -0.384. The standard InChI is InChI=1S/C27H35N5O4/c1-20(2)18-26(33)31-16-14-29(15-17-31)23-9-7-22(8-10-23)28-27(34)21-6-11-24(25(19-21)32(35)36)30-12-4-3-5-13-30/h6-11,19-20H,3-5,12-18H2,1-2H3,(H,28,34). The number of carbonyl (C=O) groups is 2. The fourth-order valence-electron chi connectivity index (χ4n) is 4.86. The van der Waals surface area contributed by atoms with Crippen molar-refractivity contribution in [3.05, 3.63) is 58.1 Å². The maximum atomic E-state index is 12.8. The van der Waals surface area contributed by atoms with E-state index in [-0.39, 0.29) is 23.1 Å². The van der Waals surface area contributed by atoms with E-state index in [9.17, 15) is 19.7 Å². The first kappa shape index (κ1) is 25.5. The fourth-order valence-corrected chi connectivity index (χ4v) is 4.86. The summed E-state index contributed by atoms with van der Waals surface area (Å²) in [6.07, 6.45) is 3.75. The second-order valence-corrected chi connectivity index (χ2v) is 9.98. The number of amides is 2. The minimum Gasteiger partial charge on any atom is -0.368 e. The Morgan fingerprint density at radius 1 is 0.917 bits per heavy atom. The summed E-state index contributed by atoms with van der Waals surface area (Å²) >= 11 is 0. The van der Waals surface area contributed by atoms with Crippen molar-refractivity contribution in [2.75, 3.05) is 54.4 Å². The molecule has 36 heavy (non-hydrogen) atoms. The van der Waals surface area contributed by atoms with Gasteiger partial charge in [0, 0.05) is 68.7 Å². The highest BCUT2D eigenvalue weighted by Gasteiger charge is 2.24. The van der Waals surface area contributed by atoms with Crippen molar-refractivity contribution in [3.8, 4) is 0 Å². The van der Waals surface area contributed by atoms with E-state index in [1.54, 1.807) is 12.1 Å². The number of nitrogens with zero attached hydrogens (tertiary/aromatic N) is 4. The average Bonchev–Trinajstić information content (AvgIpc) is 2.89. The van der Waals surface area contributed by atoms with Gasteiger partial charge in [0.2, 0.25) is 5.91 Å². The summed E-state index contributed by atoms with van der Waals surface area (Å²) < 4.78 is 0. The van der Waals surface area contributed by atoms with E-state index >= 15 is 0 Å². The van der Waals surface area contributed by atoms with Gasteiger partial charge in [-0.3, -0.25) is 19.7 Å². The summed E-state index contributed by atoms with van der Waals surface area (Å²) in [4.78, 5) is 42.6. The Balaban J connectivity index is 1.37. The number of nitrogens with one attached hydrogen (secondary N) is 1. The van der Waals surface area contributed by atoms with Crippen LogP contribution in [0.3, 0.4) is 0 Å². The first-order chi connectivity index (χ1) is 17.3. The Kier molecular flexibility index (Phi) is 8.07. The van der Waals surface area contributed by atoms with Gasteiger partial charge in [-0.2, -0.15) is 0 Å². The molecule has 0 aliphatic carbocycles. The van der Waals surface area contributed by atoms with Crippen LogP contribution in [0.5, 0.6) is 0 Å². The number of hydrogen-bond acceptors (Lipinski definition) is 6. The molecule has 0 aromatic heterocycles. The van der Waals surface area contributed by atoms with Crippen LogP contribution in [0, 0.1) is 16.0 Å². The van der Waals surface area contributed by atoms with Crippen molar-refractivity contribution < 1.29 is 14.5 Å². The van der Waals surface area contributed by atoms with E-state index in [4.69, 9.17) is 0 Å². The summed E-state index contributed by atoms with van der Waals surface area (Å²) in [6.45, 7) is 8.64. The van der Waals surface area contributed by atoms with E-state index in [2.05, 4.69) is 24.1 Å². The van der Waals surface area contributed by atoms with Crippen LogP contribution in [0.4, 0.5) is 22.7 Å². The van der Waals surface area contributed by atoms with Crippen molar-refractivity contribution in [1.82, 2.24) is 4.90 Å². The average molecular weight is 494 g/mol. The number of piperidine rings is 1. The molecule has 4 rings (SSSR count). The van der Waals surface area contributed by atoms with Crippen LogP contribution in [0.2, 0.25) is 0 Å². The molecule has 192 valence electrons. The van der Waals surface area contributed by atoms with E-state index < -0.39 is 4.92 Å².